The maximum Gasteiger partial charge on any atom is 0.325 e. The zero-order valence-electron chi connectivity index (χ0n) is 15.1. The molecule has 1 aliphatic rings. The van der Waals surface area contributed by atoms with Crippen LogP contribution in [0.25, 0.3) is 0 Å². The Bertz CT molecular complexity index is 534. The molecule has 1 aromatic rings. The molecular weight excluding hydrogens is 306 g/mol. The van der Waals surface area contributed by atoms with Crippen LogP contribution in [0, 0.1) is 11.8 Å². The van der Waals surface area contributed by atoms with Crippen molar-refractivity contribution in [2.75, 3.05) is 27.3 Å². The van der Waals surface area contributed by atoms with Gasteiger partial charge in [0.1, 0.15) is 17.5 Å². The van der Waals surface area contributed by atoms with Gasteiger partial charge in [-0.2, -0.15) is 0 Å². The van der Waals surface area contributed by atoms with Gasteiger partial charge >= 0.3 is 5.97 Å². The number of aliphatic carboxylic acids is 1. The van der Waals surface area contributed by atoms with Crippen LogP contribution in [-0.4, -0.2) is 43.3 Å². The minimum Gasteiger partial charge on any atom is -0.497 e. The molecule has 134 valence electrons. The van der Waals surface area contributed by atoms with Gasteiger partial charge in [0.15, 0.2) is 0 Å². The summed E-state index contributed by atoms with van der Waals surface area (Å²) in [4.78, 5) is 14.1. The second-order valence-corrected chi connectivity index (χ2v) is 6.51. The lowest BCUT2D eigenvalue weighted by molar-refractivity contribution is -0.143. The van der Waals surface area contributed by atoms with Gasteiger partial charge < -0.3 is 14.6 Å². The van der Waals surface area contributed by atoms with Crippen molar-refractivity contribution in [3.63, 3.8) is 0 Å². The molecule has 0 amide bonds. The molecular formula is C19H29NO4. The molecule has 1 fully saturated rings. The van der Waals surface area contributed by atoms with Gasteiger partial charge in [-0.05, 0) is 42.5 Å². The minimum absolute atomic E-state index is 0.578. The first-order valence-electron chi connectivity index (χ1n) is 8.73. The lowest BCUT2D eigenvalue weighted by Crippen LogP contribution is -2.33. The fourth-order valence-electron chi connectivity index (χ4n) is 3.89. The van der Waals surface area contributed by atoms with Gasteiger partial charge in [-0.15, -0.1) is 0 Å². The molecule has 1 saturated heterocycles. The summed E-state index contributed by atoms with van der Waals surface area (Å²) in [6, 6.07) is 4.70. The molecule has 24 heavy (non-hydrogen) atoms. The predicted octanol–water partition coefficient (Wildman–Crippen LogP) is 3.59. The van der Waals surface area contributed by atoms with Gasteiger partial charge in [0.05, 0.1) is 14.2 Å². The number of nitrogens with zero attached hydrogens (tertiary/aromatic N) is 1. The number of likely N-dealkylation sites (tertiary alicyclic amines) is 1. The number of benzene rings is 1. The number of carbonyl (C=O) groups is 1. The van der Waals surface area contributed by atoms with Crippen LogP contribution in [0.5, 0.6) is 11.5 Å². The van der Waals surface area contributed by atoms with E-state index in [0.29, 0.717) is 28.9 Å². The van der Waals surface area contributed by atoms with Crippen LogP contribution in [0.4, 0.5) is 0 Å². The SMILES string of the molecule is CCC(CC)C1CCN(C(C(=O)O)c2cc(OC)cc(OC)c2)C1. The third kappa shape index (κ3) is 4.01. The van der Waals surface area contributed by atoms with Crippen molar-refractivity contribution in [1.82, 2.24) is 4.90 Å². The van der Waals surface area contributed by atoms with E-state index in [1.54, 1.807) is 32.4 Å². The molecule has 1 aliphatic heterocycles. The van der Waals surface area contributed by atoms with Crippen LogP contribution in [0.15, 0.2) is 18.2 Å². The highest BCUT2D eigenvalue weighted by Crippen LogP contribution is 2.36. The van der Waals surface area contributed by atoms with Crippen molar-refractivity contribution in [2.45, 2.75) is 39.2 Å². The lowest BCUT2D eigenvalue weighted by Gasteiger charge is -2.27. The molecule has 0 aliphatic carbocycles. The number of methoxy groups -OCH3 is 2. The number of ether oxygens (including phenoxy) is 2. The van der Waals surface area contributed by atoms with Crippen molar-refractivity contribution in [1.29, 1.82) is 0 Å². The van der Waals surface area contributed by atoms with E-state index in [-0.39, 0.29) is 0 Å². The molecule has 2 rings (SSSR count). The third-order valence-corrected chi connectivity index (χ3v) is 5.26. The Hall–Kier alpha value is -1.75. The van der Waals surface area contributed by atoms with Crippen molar-refractivity contribution >= 4 is 5.97 Å². The summed E-state index contributed by atoms with van der Waals surface area (Å²) in [6.45, 7) is 6.09. The Labute approximate surface area is 144 Å². The highest BCUT2D eigenvalue weighted by molar-refractivity contribution is 5.76. The summed E-state index contributed by atoms with van der Waals surface area (Å²) in [7, 11) is 3.15. The van der Waals surface area contributed by atoms with E-state index < -0.39 is 12.0 Å². The van der Waals surface area contributed by atoms with Gasteiger partial charge in [-0.1, -0.05) is 26.7 Å². The average molecular weight is 335 g/mol. The number of hydrogen-bond acceptors (Lipinski definition) is 4. The summed E-state index contributed by atoms with van der Waals surface area (Å²) in [5.41, 5.74) is 0.712. The first kappa shape index (κ1) is 18.6. The van der Waals surface area contributed by atoms with Gasteiger partial charge in [0, 0.05) is 12.6 Å². The number of carboxylic acids is 1. The number of rotatable bonds is 8. The van der Waals surface area contributed by atoms with Crippen molar-refractivity contribution in [3.05, 3.63) is 23.8 Å². The average Bonchev–Trinajstić information content (AvgIpc) is 3.04. The van der Waals surface area contributed by atoms with E-state index in [9.17, 15) is 9.90 Å². The third-order valence-electron chi connectivity index (χ3n) is 5.26. The maximum atomic E-state index is 12.0. The van der Waals surface area contributed by atoms with E-state index in [1.165, 1.54) is 0 Å². The Kier molecular flexibility index (Phi) is 6.49. The first-order valence-corrected chi connectivity index (χ1v) is 8.73. The summed E-state index contributed by atoms with van der Waals surface area (Å²) in [6.07, 6.45) is 3.37. The molecule has 1 aromatic carbocycles. The highest BCUT2D eigenvalue weighted by Gasteiger charge is 2.36. The smallest absolute Gasteiger partial charge is 0.325 e. The van der Waals surface area contributed by atoms with Crippen LogP contribution in [-0.2, 0) is 4.79 Å². The van der Waals surface area contributed by atoms with E-state index in [1.807, 2.05) is 0 Å². The number of carboxylic acid groups (broad SMARTS) is 1. The van der Waals surface area contributed by atoms with Crippen LogP contribution in [0.3, 0.4) is 0 Å². The Morgan fingerprint density at radius 1 is 1.21 bits per heavy atom. The first-order chi connectivity index (χ1) is 11.5. The molecule has 2 unspecified atom stereocenters. The fourth-order valence-corrected chi connectivity index (χ4v) is 3.89. The zero-order valence-corrected chi connectivity index (χ0v) is 15.1. The molecule has 0 radical (unpaired) electrons. The summed E-state index contributed by atoms with van der Waals surface area (Å²) in [5.74, 6) is 1.66. The van der Waals surface area contributed by atoms with Crippen molar-refractivity contribution < 1.29 is 19.4 Å². The molecule has 2 atom stereocenters. The second-order valence-electron chi connectivity index (χ2n) is 6.51. The van der Waals surface area contributed by atoms with Gasteiger partial charge in [-0.3, -0.25) is 9.69 Å². The lowest BCUT2D eigenvalue weighted by atomic mass is 9.87. The van der Waals surface area contributed by atoms with Crippen LogP contribution in [0.2, 0.25) is 0 Å². The quantitative estimate of drug-likeness (QED) is 0.787. The highest BCUT2D eigenvalue weighted by atomic mass is 16.5. The molecule has 0 saturated carbocycles. The molecule has 0 aromatic heterocycles. The van der Waals surface area contributed by atoms with E-state index in [4.69, 9.17) is 9.47 Å². The number of hydrogen-bond donors (Lipinski definition) is 1. The molecule has 5 nitrogen and oxygen atoms in total. The van der Waals surface area contributed by atoms with Gasteiger partial charge in [0.25, 0.3) is 0 Å². The Morgan fingerprint density at radius 2 is 1.79 bits per heavy atom. The van der Waals surface area contributed by atoms with Crippen molar-refractivity contribution in [3.8, 4) is 11.5 Å². The van der Waals surface area contributed by atoms with E-state index in [0.717, 1.165) is 32.4 Å². The largest absolute Gasteiger partial charge is 0.497 e. The van der Waals surface area contributed by atoms with Crippen LogP contribution < -0.4 is 9.47 Å². The Morgan fingerprint density at radius 3 is 2.25 bits per heavy atom. The summed E-state index contributed by atoms with van der Waals surface area (Å²) in [5, 5.41) is 9.83. The zero-order chi connectivity index (χ0) is 17.7. The topological polar surface area (TPSA) is 59.0 Å². The van der Waals surface area contributed by atoms with Crippen LogP contribution >= 0.6 is 0 Å². The molecule has 1 N–H and O–H groups in total. The Balaban J connectivity index is 2.26. The predicted molar refractivity (Wildman–Crippen MR) is 93.7 cm³/mol. The molecule has 5 heteroatoms. The monoisotopic (exact) mass is 335 g/mol. The van der Waals surface area contributed by atoms with Gasteiger partial charge in [0.2, 0.25) is 0 Å². The summed E-state index contributed by atoms with van der Waals surface area (Å²) >= 11 is 0. The summed E-state index contributed by atoms with van der Waals surface area (Å²) < 4.78 is 10.6. The molecule has 0 bridgehead atoms. The maximum absolute atomic E-state index is 12.0. The fraction of sp³-hybridized carbons (Fsp3) is 0.632. The minimum atomic E-state index is -0.824. The van der Waals surface area contributed by atoms with Crippen molar-refractivity contribution in [2.24, 2.45) is 11.8 Å². The molecule has 1 heterocycles. The van der Waals surface area contributed by atoms with E-state index in [2.05, 4.69) is 18.7 Å². The van der Waals surface area contributed by atoms with Gasteiger partial charge in [-0.25, -0.2) is 0 Å². The molecule has 0 spiro atoms. The normalized spacial score (nSPS) is 19.5. The van der Waals surface area contributed by atoms with Crippen LogP contribution in [0.1, 0.15) is 44.7 Å². The second kappa shape index (κ2) is 8.38. The standard InChI is InChI=1S/C19H29NO4/c1-5-13(6-2)14-7-8-20(12-14)18(19(21)22)15-9-16(23-3)11-17(10-15)24-4/h9-11,13-14,18H,5-8,12H2,1-4H3,(H,21,22). The van der Waals surface area contributed by atoms with E-state index >= 15 is 0 Å².